The number of piperidine rings is 1. The van der Waals surface area contributed by atoms with Gasteiger partial charge in [-0.2, -0.15) is 0 Å². The van der Waals surface area contributed by atoms with Crippen LogP contribution in [-0.2, 0) is 9.84 Å². The van der Waals surface area contributed by atoms with Crippen molar-refractivity contribution in [1.29, 1.82) is 0 Å². The average Bonchev–Trinajstić information content (AvgIpc) is 2.26. The van der Waals surface area contributed by atoms with E-state index in [4.69, 9.17) is 10.8 Å². The van der Waals surface area contributed by atoms with Gasteiger partial charge in [0.05, 0.1) is 11.0 Å². The van der Waals surface area contributed by atoms with Gasteiger partial charge in [-0.25, -0.2) is 13.2 Å². The Morgan fingerprint density at radius 1 is 1.44 bits per heavy atom. The Hall–Kier alpha value is -1.24. The molecule has 0 aromatic rings. The molecular weight excluding hydrogens is 232 g/mol. The molecule has 1 rings (SSSR count). The molecule has 6 nitrogen and oxygen atoms in total. The van der Waals surface area contributed by atoms with Gasteiger partial charge < -0.3 is 15.7 Å². The number of rotatable bonds is 3. The second-order valence-electron chi connectivity index (χ2n) is 3.73. The van der Waals surface area contributed by atoms with Gasteiger partial charge in [0.15, 0.2) is 9.84 Å². The lowest BCUT2D eigenvalue weighted by atomic mass is 10.1. The Bertz CT molecular complexity index is 369. The van der Waals surface area contributed by atoms with Crippen molar-refractivity contribution in [3.63, 3.8) is 0 Å². The molecule has 0 aromatic carbocycles. The predicted octanol–water partition coefficient (Wildman–Crippen LogP) is 0.0160. The molecule has 0 spiro atoms. The van der Waals surface area contributed by atoms with Crippen LogP contribution < -0.4 is 5.73 Å². The van der Waals surface area contributed by atoms with Gasteiger partial charge in [-0.1, -0.05) is 6.08 Å². The Balaban J connectivity index is 2.56. The zero-order valence-corrected chi connectivity index (χ0v) is 9.69. The molecule has 92 valence electrons. The highest BCUT2D eigenvalue weighted by Crippen LogP contribution is 2.18. The van der Waals surface area contributed by atoms with Crippen molar-refractivity contribution >= 4 is 15.9 Å². The van der Waals surface area contributed by atoms with E-state index < -0.39 is 21.2 Å². The molecule has 0 atom stereocenters. The second-order valence-corrected chi connectivity index (χ2v) is 6.05. The van der Waals surface area contributed by atoms with Gasteiger partial charge >= 0.3 is 6.09 Å². The molecule has 0 saturated carbocycles. The van der Waals surface area contributed by atoms with E-state index in [2.05, 4.69) is 0 Å². The smallest absolute Gasteiger partial charge is 0.407 e. The first-order valence-corrected chi connectivity index (χ1v) is 6.75. The van der Waals surface area contributed by atoms with Crippen LogP contribution in [0.5, 0.6) is 0 Å². The standard InChI is InChI=1S/C9H16N2O4S/c10-4-1-7-16(14,15)8-2-5-11(6-3-8)9(12)13/h1,4,8H,2-3,5-7,10H2,(H,12,13). The summed E-state index contributed by atoms with van der Waals surface area (Å²) in [6.07, 6.45) is 2.36. The molecule has 1 aliphatic rings. The van der Waals surface area contributed by atoms with E-state index in [1.807, 2.05) is 0 Å². The average molecular weight is 248 g/mol. The van der Waals surface area contributed by atoms with Gasteiger partial charge in [-0.3, -0.25) is 0 Å². The van der Waals surface area contributed by atoms with Crippen LogP contribution in [0, 0.1) is 0 Å². The van der Waals surface area contributed by atoms with Crippen LogP contribution in [-0.4, -0.2) is 48.6 Å². The number of likely N-dealkylation sites (tertiary alicyclic amines) is 1. The normalized spacial score (nSPS) is 19.1. The molecular formula is C9H16N2O4S. The third kappa shape index (κ3) is 3.13. The summed E-state index contributed by atoms with van der Waals surface area (Å²) in [5.74, 6) is -0.0682. The van der Waals surface area contributed by atoms with E-state index in [1.165, 1.54) is 17.2 Å². The molecule has 1 amide bonds. The maximum atomic E-state index is 11.7. The highest BCUT2D eigenvalue weighted by Gasteiger charge is 2.30. The first kappa shape index (κ1) is 12.8. The maximum Gasteiger partial charge on any atom is 0.407 e. The van der Waals surface area contributed by atoms with E-state index in [0.717, 1.165) is 0 Å². The molecule has 16 heavy (non-hydrogen) atoms. The molecule has 0 aromatic heterocycles. The number of carboxylic acid groups (broad SMARTS) is 1. The summed E-state index contributed by atoms with van der Waals surface area (Å²) in [6, 6.07) is 0. The van der Waals surface area contributed by atoms with Crippen molar-refractivity contribution in [2.75, 3.05) is 18.8 Å². The van der Waals surface area contributed by atoms with Crippen LogP contribution in [0.2, 0.25) is 0 Å². The Kier molecular flexibility index (Phi) is 4.17. The first-order valence-electron chi connectivity index (χ1n) is 5.03. The molecule has 1 saturated heterocycles. The minimum Gasteiger partial charge on any atom is -0.465 e. The van der Waals surface area contributed by atoms with Crippen molar-refractivity contribution in [2.45, 2.75) is 18.1 Å². The highest BCUT2D eigenvalue weighted by atomic mass is 32.2. The summed E-state index contributed by atoms with van der Waals surface area (Å²) in [5.41, 5.74) is 5.10. The van der Waals surface area contributed by atoms with Crippen molar-refractivity contribution < 1.29 is 18.3 Å². The lowest BCUT2D eigenvalue weighted by Crippen LogP contribution is -2.42. The third-order valence-electron chi connectivity index (χ3n) is 2.68. The van der Waals surface area contributed by atoms with Gasteiger partial charge in [0.25, 0.3) is 0 Å². The molecule has 0 unspecified atom stereocenters. The topological polar surface area (TPSA) is 101 Å². The minimum absolute atomic E-state index is 0.0682. The quantitative estimate of drug-likeness (QED) is 0.733. The Morgan fingerprint density at radius 3 is 2.44 bits per heavy atom. The van der Waals surface area contributed by atoms with Crippen molar-refractivity contribution in [1.82, 2.24) is 4.90 Å². The predicted molar refractivity (Wildman–Crippen MR) is 59.7 cm³/mol. The van der Waals surface area contributed by atoms with Gasteiger partial charge in [0.2, 0.25) is 0 Å². The molecule has 0 aliphatic carbocycles. The van der Waals surface area contributed by atoms with Crippen LogP contribution in [0.3, 0.4) is 0 Å². The molecule has 7 heteroatoms. The summed E-state index contributed by atoms with van der Waals surface area (Å²) < 4.78 is 23.5. The van der Waals surface area contributed by atoms with E-state index >= 15 is 0 Å². The second kappa shape index (κ2) is 5.20. The van der Waals surface area contributed by atoms with Crippen molar-refractivity contribution in [3.8, 4) is 0 Å². The number of hydrogen-bond acceptors (Lipinski definition) is 4. The van der Waals surface area contributed by atoms with Gasteiger partial charge in [-0.15, -0.1) is 0 Å². The summed E-state index contributed by atoms with van der Waals surface area (Å²) in [5, 5.41) is 8.27. The van der Waals surface area contributed by atoms with Gasteiger partial charge in [0, 0.05) is 13.1 Å². The summed E-state index contributed by atoms with van der Waals surface area (Å²) in [6.45, 7) is 0.567. The SMILES string of the molecule is NC=CCS(=O)(=O)C1CCN(C(=O)O)CC1. The fourth-order valence-corrected chi connectivity index (χ4v) is 3.31. The number of hydrogen-bond donors (Lipinski definition) is 2. The monoisotopic (exact) mass is 248 g/mol. The third-order valence-corrected chi connectivity index (χ3v) is 4.83. The van der Waals surface area contributed by atoms with Crippen molar-refractivity contribution in [2.24, 2.45) is 5.73 Å². The molecule has 1 aliphatic heterocycles. The summed E-state index contributed by atoms with van der Waals surface area (Å²) in [7, 11) is -3.18. The number of sulfone groups is 1. The highest BCUT2D eigenvalue weighted by molar-refractivity contribution is 7.92. The molecule has 0 radical (unpaired) electrons. The fourth-order valence-electron chi connectivity index (χ4n) is 1.73. The van der Waals surface area contributed by atoms with E-state index in [9.17, 15) is 13.2 Å². The zero-order valence-electron chi connectivity index (χ0n) is 8.87. The summed E-state index contributed by atoms with van der Waals surface area (Å²) in [4.78, 5) is 11.9. The Labute approximate surface area is 94.6 Å². The summed E-state index contributed by atoms with van der Waals surface area (Å²) >= 11 is 0. The van der Waals surface area contributed by atoms with E-state index in [0.29, 0.717) is 12.8 Å². The van der Waals surface area contributed by atoms with Gasteiger partial charge in [0.1, 0.15) is 0 Å². The van der Waals surface area contributed by atoms with E-state index in [-0.39, 0.29) is 18.8 Å². The number of nitrogens with zero attached hydrogens (tertiary/aromatic N) is 1. The number of carbonyl (C=O) groups is 1. The van der Waals surface area contributed by atoms with Crippen LogP contribution in [0.15, 0.2) is 12.3 Å². The largest absolute Gasteiger partial charge is 0.465 e. The van der Waals surface area contributed by atoms with E-state index in [1.54, 1.807) is 0 Å². The minimum atomic E-state index is -3.18. The first-order chi connectivity index (χ1) is 7.47. The van der Waals surface area contributed by atoms with Crippen molar-refractivity contribution in [3.05, 3.63) is 12.3 Å². The fraction of sp³-hybridized carbons (Fsp3) is 0.667. The molecule has 1 heterocycles. The molecule has 3 N–H and O–H groups in total. The van der Waals surface area contributed by atoms with Gasteiger partial charge in [-0.05, 0) is 19.0 Å². The number of nitrogens with two attached hydrogens (primary N) is 1. The zero-order chi connectivity index (χ0) is 12.2. The van der Waals surface area contributed by atoms with Crippen LogP contribution in [0.4, 0.5) is 4.79 Å². The van der Waals surface area contributed by atoms with Crippen LogP contribution in [0.1, 0.15) is 12.8 Å². The Morgan fingerprint density at radius 2 is 2.00 bits per heavy atom. The lowest BCUT2D eigenvalue weighted by Gasteiger charge is -2.29. The van der Waals surface area contributed by atoms with Crippen LogP contribution in [0.25, 0.3) is 0 Å². The molecule has 0 bridgehead atoms. The lowest BCUT2D eigenvalue weighted by molar-refractivity contribution is 0.136. The maximum absolute atomic E-state index is 11.7. The van der Waals surface area contributed by atoms with Crippen LogP contribution >= 0.6 is 0 Å². The molecule has 1 fully saturated rings. The number of amides is 1.